The molecule has 88 valence electrons. The van der Waals surface area contributed by atoms with Gasteiger partial charge in [-0.2, -0.15) is 0 Å². The van der Waals surface area contributed by atoms with Gasteiger partial charge in [0.25, 0.3) is 0 Å². The van der Waals surface area contributed by atoms with Crippen LogP contribution in [0.15, 0.2) is 0 Å². The summed E-state index contributed by atoms with van der Waals surface area (Å²) in [4.78, 5) is 2.67. The lowest BCUT2D eigenvalue weighted by Crippen LogP contribution is -2.42. The van der Waals surface area contributed by atoms with Crippen molar-refractivity contribution in [1.29, 1.82) is 0 Å². The zero-order valence-electron chi connectivity index (χ0n) is 10.2. The Balaban J connectivity index is 2.00. The third-order valence-corrected chi connectivity index (χ3v) is 4.15. The maximum atomic E-state index is 5.27. The van der Waals surface area contributed by atoms with E-state index in [1.54, 1.807) is 7.11 Å². The quantitative estimate of drug-likeness (QED) is 0.751. The zero-order chi connectivity index (χ0) is 10.8. The largest absolute Gasteiger partial charge is 0.383 e. The van der Waals surface area contributed by atoms with Crippen LogP contribution in [0.1, 0.15) is 20.3 Å². The second-order valence-electron chi connectivity index (χ2n) is 5.06. The molecular formula is C12H24N2O. The van der Waals surface area contributed by atoms with Crippen molar-refractivity contribution in [2.45, 2.75) is 32.4 Å². The molecule has 0 aliphatic carbocycles. The Morgan fingerprint density at radius 1 is 1.47 bits per heavy atom. The van der Waals surface area contributed by atoms with Gasteiger partial charge >= 0.3 is 0 Å². The summed E-state index contributed by atoms with van der Waals surface area (Å²) in [6.07, 6.45) is 1.27. The Hall–Kier alpha value is -0.120. The van der Waals surface area contributed by atoms with E-state index in [2.05, 4.69) is 24.1 Å². The topological polar surface area (TPSA) is 24.5 Å². The molecule has 4 unspecified atom stereocenters. The van der Waals surface area contributed by atoms with Gasteiger partial charge in [-0.3, -0.25) is 4.90 Å². The molecule has 1 N–H and O–H groups in total. The minimum Gasteiger partial charge on any atom is -0.383 e. The molecule has 2 fully saturated rings. The predicted octanol–water partition coefficient (Wildman–Crippen LogP) is 0.951. The predicted molar refractivity (Wildman–Crippen MR) is 62.0 cm³/mol. The molecule has 0 bridgehead atoms. The molecule has 4 atom stereocenters. The van der Waals surface area contributed by atoms with Gasteiger partial charge in [0.05, 0.1) is 6.61 Å². The number of methoxy groups -OCH3 is 1. The van der Waals surface area contributed by atoms with Crippen LogP contribution in [-0.2, 0) is 4.74 Å². The first-order valence-corrected chi connectivity index (χ1v) is 6.23. The summed E-state index contributed by atoms with van der Waals surface area (Å²) in [7, 11) is 1.80. The van der Waals surface area contributed by atoms with Crippen LogP contribution >= 0.6 is 0 Å². The van der Waals surface area contributed by atoms with E-state index in [-0.39, 0.29) is 0 Å². The average Bonchev–Trinajstić information content (AvgIpc) is 2.76. The van der Waals surface area contributed by atoms with E-state index in [1.165, 1.54) is 26.1 Å². The van der Waals surface area contributed by atoms with Gasteiger partial charge in [-0.05, 0) is 38.3 Å². The minimum absolute atomic E-state index is 0.575. The van der Waals surface area contributed by atoms with Crippen molar-refractivity contribution < 1.29 is 4.74 Å². The van der Waals surface area contributed by atoms with Crippen molar-refractivity contribution in [1.82, 2.24) is 10.2 Å². The Morgan fingerprint density at radius 2 is 2.27 bits per heavy atom. The summed E-state index contributed by atoms with van der Waals surface area (Å²) in [6.45, 7) is 9.18. The first-order chi connectivity index (χ1) is 7.27. The molecule has 0 saturated carbocycles. The molecule has 0 amide bonds. The fraction of sp³-hybridized carbons (Fsp3) is 1.00. The van der Waals surface area contributed by atoms with E-state index in [0.717, 1.165) is 24.5 Å². The number of hydrogen-bond acceptors (Lipinski definition) is 3. The van der Waals surface area contributed by atoms with Gasteiger partial charge in [-0.1, -0.05) is 6.92 Å². The molecule has 0 aromatic carbocycles. The lowest BCUT2D eigenvalue weighted by atomic mass is 9.93. The van der Waals surface area contributed by atoms with Crippen LogP contribution in [-0.4, -0.2) is 50.3 Å². The summed E-state index contributed by atoms with van der Waals surface area (Å²) >= 11 is 0. The Kier molecular flexibility index (Phi) is 3.65. The number of ether oxygens (including phenoxy) is 1. The Morgan fingerprint density at radius 3 is 2.93 bits per heavy atom. The lowest BCUT2D eigenvalue weighted by Gasteiger charge is -2.31. The zero-order valence-corrected chi connectivity index (χ0v) is 10.2. The summed E-state index contributed by atoms with van der Waals surface area (Å²) in [5.74, 6) is 1.77. The van der Waals surface area contributed by atoms with E-state index >= 15 is 0 Å². The molecule has 3 heteroatoms. The lowest BCUT2D eigenvalue weighted by molar-refractivity contribution is 0.0816. The van der Waals surface area contributed by atoms with Crippen molar-refractivity contribution >= 4 is 0 Å². The van der Waals surface area contributed by atoms with Gasteiger partial charge in [-0.15, -0.1) is 0 Å². The maximum absolute atomic E-state index is 5.27. The van der Waals surface area contributed by atoms with Crippen LogP contribution in [0.25, 0.3) is 0 Å². The minimum atomic E-state index is 0.575. The summed E-state index contributed by atoms with van der Waals surface area (Å²) < 4.78 is 5.27. The molecule has 0 aromatic heterocycles. The Labute approximate surface area is 93.2 Å². The van der Waals surface area contributed by atoms with Crippen molar-refractivity contribution in [3.63, 3.8) is 0 Å². The molecule has 0 spiro atoms. The number of nitrogens with one attached hydrogen (secondary N) is 1. The van der Waals surface area contributed by atoms with Gasteiger partial charge in [0.2, 0.25) is 0 Å². The highest BCUT2D eigenvalue weighted by Crippen LogP contribution is 2.35. The van der Waals surface area contributed by atoms with E-state index < -0.39 is 0 Å². The van der Waals surface area contributed by atoms with Crippen LogP contribution in [0.3, 0.4) is 0 Å². The first kappa shape index (κ1) is 11.4. The van der Waals surface area contributed by atoms with Crippen molar-refractivity contribution in [2.24, 2.45) is 11.8 Å². The van der Waals surface area contributed by atoms with Crippen LogP contribution in [0.4, 0.5) is 0 Å². The van der Waals surface area contributed by atoms with Crippen LogP contribution in [0, 0.1) is 11.8 Å². The maximum Gasteiger partial charge on any atom is 0.0615 e. The molecule has 3 nitrogen and oxygen atoms in total. The second-order valence-corrected chi connectivity index (χ2v) is 5.06. The molecule has 15 heavy (non-hydrogen) atoms. The fourth-order valence-electron chi connectivity index (χ4n) is 3.44. The van der Waals surface area contributed by atoms with Crippen LogP contribution < -0.4 is 5.32 Å². The molecular weight excluding hydrogens is 188 g/mol. The average molecular weight is 212 g/mol. The van der Waals surface area contributed by atoms with Crippen molar-refractivity contribution in [2.75, 3.05) is 33.4 Å². The monoisotopic (exact) mass is 212 g/mol. The van der Waals surface area contributed by atoms with E-state index in [4.69, 9.17) is 4.74 Å². The van der Waals surface area contributed by atoms with Crippen molar-refractivity contribution in [3.05, 3.63) is 0 Å². The smallest absolute Gasteiger partial charge is 0.0615 e. The summed E-state index contributed by atoms with van der Waals surface area (Å²) in [6, 6.07) is 1.35. The highest BCUT2D eigenvalue weighted by Gasteiger charge is 2.44. The SMILES string of the molecule is CCC1C2CNCC2CN1C(C)COC. The summed E-state index contributed by atoms with van der Waals surface area (Å²) in [5.41, 5.74) is 0. The van der Waals surface area contributed by atoms with Gasteiger partial charge in [-0.25, -0.2) is 0 Å². The van der Waals surface area contributed by atoms with Gasteiger partial charge in [0.15, 0.2) is 0 Å². The molecule has 2 saturated heterocycles. The third-order valence-electron chi connectivity index (χ3n) is 4.15. The number of nitrogens with zero attached hydrogens (tertiary/aromatic N) is 1. The van der Waals surface area contributed by atoms with Crippen molar-refractivity contribution in [3.8, 4) is 0 Å². The summed E-state index contributed by atoms with van der Waals surface area (Å²) in [5, 5.41) is 3.52. The second kappa shape index (κ2) is 4.81. The molecule has 0 aromatic rings. The third kappa shape index (κ3) is 2.05. The van der Waals surface area contributed by atoms with E-state index in [9.17, 15) is 0 Å². The first-order valence-electron chi connectivity index (χ1n) is 6.23. The molecule has 0 radical (unpaired) electrons. The number of likely N-dealkylation sites (tertiary alicyclic amines) is 1. The van der Waals surface area contributed by atoms with E-state index in [0.29, 0.717) is 6.04 Å². The van der Waals surface area contributed by atoms with Gasteiger partial charge < -0.3 is 10.1 Å². The molecule has 2 aliphatic heterocycles. The standard InChI is InChI=1S/C12H24N2O/c1-4-12-11-6-13-5-10(11)7-14(12)9(2)8-15-3/h9-13H,4-8H2,1-3H3. The van der Waals surface area contributed by atoms with Crippen LogP contribution in [0.5, 0.6) is 0 Å². The molecule has 2 heterocycles. The molecule has 2 aliphatic rings. The van der Waals surface area contributed by atoms with Gasteiger partial charge in [0, 0.05) is 25.7 Å². The van der Waals surface area contributed by atoms with Gasteiger partial charge in [0.1, 0.15) is 0 Å². The fourth-order valence-corrected chi connectivity index (χ4v) is 3.44. The van der Waals surface area contributed by atoms with Crippen LogP contribution in [0.2, 0.25) is 0 Å². The molecule has 2 rings (SSSR count). The normalized spacial score (nSPS) is 38.2. The number of hydrogen-bond donors (Lipinski definition) is 1. The highest BCUT2D eigenvalue weighted by molar-refractivity contribution is 4.99. The van der Waals surface area contributed by atoms with E-state index in [1.807, 2.05) is 0 Å². The number of rotatable bonds is 4. The Bertz CT molecular complexity index is 210. The highest BCUT2D eigenvalue weighted by atomic mass is 16.5. The number of fused-ring (bicyclic) bond motifs is 1.